The van der Waals surface area contributed by atoms with Crippen molar-refractivity contribution < 1.29 is 5.11 Å². The van der Waals surface area contributed by atoms with Gasteiger partial charge in [-0.25, -0.2) is 4.98 Å². The number of imidazole rings is 1. The van der Waals surface area contributed by atoms with Crippen LogP contribution in [0.3, 0.4) is 0 Å². The molecule has 3 nitrogen and oxygen atoms in total. The fourth-order valence-electron chi connectivity index (χ4n) is 1.45. The Kier molecular flexibility index (Phi) is 2.29. The number of phenolic OH excluding ortho intramolecular Hbond substituents is 1. The third kappa shape index (κ3) is 1.64. The number of aromatic hydroxyl groups is 1. The number of benzene rings is 1. The van der Waals surface area contributed by atoms with Gasteiger partial charge in [-0.2, -0.15) is 0 Å². The van der Waals surface area contributed by atoms with E-state index in [1.807, 2.05) is 25.1 Å². The van der Waals surface area contributed by atoms with E-state index in [4.69, 9.17) is 0 Å². The van der Waals surface area contributed by atoms with Gasteiger partial charge in [0.2, 0.25) is 0 Å². The van der Waals surface area contributed by atoms with Crippen molar-refractivity contribution in [3.63, 3.8) is 0 Å². The van der Waals surface area contributed by atoms with Crippen LogP contribution in [0, 0.1) is 6.92 Å². The van der Waals surface area contributed by atoms with Crippen molar-refractivity contribution in [2.45, 2.75) is 6.92 Å². The molecule has 0 fully saturated rings. The second-order valence-electron chi connectivity index (χ2n) is 3.39. The summed E-state index contributed by atoms with van der Waals surface area (Å²) in [5.74, 6) is 0.274. The number of hydrogen-bond donors (Lipinski definition) is 1. The number of aryl methyl sites for hydroxylation is 1. The maximum absolute atomic E-state index is 9.87. The van der Waals surface area contributed by atoms with Crippen molar-refractivity contribution in [2.24, 2.45) is 0 Å². The highest BCUT2D eigenvalue weighted by Gasteiger charge is 2.07. The molecule has 0 aliphatic carbocycles. The van der Waals surface area contributed by atoms with E-state index in [1.165, 1.54) is 0 Å². The molecule has 1 N–H and O–H groups in total. The maximum Gasteiger partial charge on any atom is 0.127 e. The molecule has 0 saturated carbocycles. The summed E-state index contributed by atoms with van der Waals surface area (Å²) in [5, 5.41) is 9.87. The molecule has 0 amide bonds. The van der Waals surface area contributed by atoms with Crippen LogP contribution in [0.25, 0.3) is 5.70 Å². The van der Waals surface area contributed by atoms with E-state index in [-0.39, 0.29) is 5.75 Å². The summed E-state index contributed by atoms with van der Waals surface area (Å²) in [7, 11) is 0. The quantitative estimate of drug-likeness (QED) is 0.808. The van der Waals surface area contributed by atoms with Crippen LogP contribution < -0.4 is 0 Å². The van der Waals surface area contributed by atoms with Gasteiger partial charge < -0.3 is 9.67 Å². The Morgan fingerprint density at radius 2 is 2.27 bits per heavy atom. The Hall–Kier alpha value is -2.03. The molecule has 3 heteroatoms. The second kappa shape index (κ2) is 3.61. The van der Waals surface area contributed by atoms with Crippen LogP contribution in [0.1, 0.15) is 11.1 Å². The van der Waals surface area contributed by atoms with E-state index in [9.17, 15) is 5.11 Å². The minimum Gasteiger partial charge on any atom is -0.507 e. The number of para-hydroxylation sites is 1. The molecule has 0 bridgehead atoms. The third-order valence-electron chi connectivity index (χ3n) is 2.36. The van der Waals surface area contributed by atoms with Crippen LogP contribution in [0.4, 0.5) is 0 Å². The molecule has 0 atom stereocenters. The van der Waals surface area contributed by atoms with Crippen molar-refractivity contribution in [2.75, 3.05) is 0 Å². The predicted octanol–water partition coefficient (Wildman–Crippen LogP) is 2.42. The first kappa shape index (κ1) is 9.52. The van der Waals surface area contributed by atoms with Crippen molar-refractivity contribution in [3.05, 3.63) is 54.6 Å². The fourth-order valence-corrected chi connectivity index (χ4v) is 1.45. The minimum atomic E-state index is 0.274. The van der Waals surface area contributed by atoms with Gasteiger partial charge in [0.1, 0.15) is 5.75 Å². The van der Waals surface area contributed by atoms with E-state index in [0.29, 0.717) is 5.70 Å². The molecular weight excluding hydrogens is 188 g/mol. The number of phenols is 1. The zero-order valence-electron chi connectivity index (χ0n) is 8.51. The van der Waals surface area contributed by atoms with Gasteiger partial charge in [-0.15, -0.1) is 0 Å². The van der Waals surface area contributed by atoms with Crippen molar-refractivity contribution >= 4 is 5.70 Å². The zero-order chi connectivity index (χ0) is 10.8. The highest BCUT2D eigenvalue weighted by molar-refractivity contribution is 5.69. The molecule has 2 aromatic rings. The van der Waals surface area contributed by atoms with E-state index < -0.39 is 0 Å². The molecule has 76 valence electrons. The molecule has 1 aromatic carbocycles. The van der Waals surface area contributed by atoms with Crippen LogP contribution in [-0.4, -0.2) is 14.7 Å². The number of aromatic nitrogens is 2. The maximum atomic E-state index is 9.87. The molecule has 0 aliphatic heterocycles. The predicted molar refractivity (Wildman–Crippen MR) is 59.5 cm³/mol. The van der Waals surface area contributed by atoms with E-state index in [1.54, 1.807) is 23.3 Å². The Morgan fingerprint density at radius 3 is 2.93 bits per heavy atom. The number of hydrogen-bond acceptors (Lipinski definition) is 2. The van der Waals surface area contributed by atoms with Gasteiger partial charge in [-0.05, 0) is 18.6 Å². The first-order valence-electron chi connectivity index (χ1n) is 4.66. The SMILES string of the molecule is C=C(c1cccc(C)c1O)n1ccnc1. The first-order chi connectivity index (χ1) is 7.20. The molecular formula is C12H12N2O. The summed E-state index contributed by atoms with van der Waals surface area (Å²) in [4.78, 5) is 3.94. The van der Waals surface area contributed by atoms with Crippen LogP contribution in [0.5, 0.6) is 5.75 Å². The molecule has 0 radical (unpaired) electrons. The number of nitrogens with zero attached hydrogens (tertiary/aromatic N) is 2. The summed E-state index contributed by atoms with van der Waals surface area (Å²) in [6, 6.07) is 5.59. The molecule has 0 aliphatic rings. The van der Waals surface area contributed by atoms with Gasteiger partial charge in [0.25, 0.3) is 0 Å². The fraction of sp³-hybridized carbons (Fsp3) is 0.0833. The van der Waals surface area contributed by atoms with E-state index >= 15 is 0 Å². The lowest BCUT2D eigenvalue weighted by Crippen LogP contribution is -1.95. The smallest absolute Gasteiger partial charge is 0.127 e. The molecule has 0 saturated heterocycles. The Labute approximate surface area is 88.3 Å². The molecule has 2 rings (SSSR count). The first-order valence-corrected chi connectivity index (χ1v) is 4.66. The summed E-state index contributed by atoms with van der Waals surface area (Å²) in [5.41, 5.74) is 2.29. The topological polar surface area (TPSA) is 38.0 Å². The molecule has 0 spiro atoms. The molecule has 15 heavy (non-hydrogen) atoms. The summed E-state index contributed by atoms with van der Waals surface area (Å²) in [6.45, 7) is 5.79. The number of rotatable bonds is 2. The average molecular weight is 200 g/mol. The van der Waals surface area contributed by atoms with Gasteiger partial charge in [-0.1, -0.05) is 18.7 Å². The van der Waals surface area contributed by atoms with Crippen molar-refractivity contribution in [3.8, 4) is 5.75 Å². The third-order valence-corrected chi connectivity index (χ3v) is 2.36. The highest BCUT2D eigenvalue weighted by atomic mass is 16.3. The van der Waals surface area contributed by atoms with Gasteiger partial charge in [0.05, 0.1) is 12.0 Å². The van der Waals surface area contributed by atoms with Gasteiger partial charge in [-0.3, -0.25) is 0 Å². The van der Waals surface area contributed by atoms with Crippen LogP contribution >= 0.6 is 0 Å². The lowest BCUT2D eigenvalue weighted by Gasteiger charge is -2.10. The monoisotopic (exact) mass is 200 g/mol. The summed E-state index contributed by atoms with van der Waals surface area (Å²) < 4.78 is 1.77. The lowest BCUT2D eigenvalue weighted by atomic mass is 10.1. The van der Waals surface area contributed by atoms with Crippen molar-refractivity contribution in [1.29, 1.82) is 0 Å². The van der Waals surface area contributed by atoms with Crippen LogP contribution in [0.2, 0.25) is 0 Å². The van der Waals surface area contributed by atoms with E-state index in [0.717, 1.165) is 11.1 Å². The zero-order valence-corrected chi connectivity index (χ0v) is 8.51. The Balaban J connectivity index is 2.47. The Morgan fingerprint density at radius 1 is 1.47 bits per heavy atom. The molecule has 1 aromatic heterocycles. The second-order valence-corrected chi connectivity index (χ2v) is 3.39. The lowest BCUT2D eigenvalue weighted by molar-refractivity contribution is 0.469. The normalized spacial score (nSPS) is 10.2. The minimum absolute atomic E-state index is 0.274. The van der Waals surface area contributed by atoms with E-state index in [2.05, 4.69) is 11.6 Å². The summed E-state index contributed by atoms with van der Waals surface area (Å²) >= 11 is 0. The van der Waals surface area contributed by atoms with Crippen LogP contribution in [-0.2, 0) is 0 Å². The standard InChI is InChI=1S/C12H12N2O/c1-9-4-3-5-11(12(9)15)10(2)14-7-6-13-8-14/h3-8,15H,2H2,1H3. The molecule has 0 unspecified atom stereocenters. The largest absolute Gasteiger partial charge is 0.507 e. The van der Waals surface area contributed by atoms with Gasteiger partial charge in [0.15, 0.2) is 0 Å². The van der Waals surface area contributed by atoms with Gasteiger partial charge >= 0.3 is 0 Å². The molecule has 1 heterocycles. The van der Waals surface area contributed by atoms with Crippen LogP contribution in [0.15, 0.2) is 43.5 Å². The Bertz CT molecular complexity index is 486. The average Bonchev–Trinajstić information content (AvgIpc) is 2.74. The van der Waals surface area contributed by atoms with Gasteiger partial charge in [0, 0.05) is 18.0 Å². The summed E-state index contributed by atoms with van der Waals surface area (Å²) in [6.07, 6.45) is 5.13. The van der Waals surface area contributed by atoms with Crippen molar-refractivity contribution in [1.82, 2.24) is 9.55 Å². The highest BCUT2D eigenvalue weighted by Crippen LogP contribution is 2.27.